The standard InChI is InChI=1S/C19H17N3O2S/c1-3-24-19(23)21-18-16(13-7-5-4-6-12(13)2)20-17-14-9-11-25-15(14)8-10-22(17)18/h4-11H,3H2,1-2H3,(H,21,23). The number of thiophene rings is 1. The molecule has 126 valence electrons. The quantitative estimate of drug-likeness (QED) is 0.559. The van der Waals surface area contributed by atoms with Crippen LogP contribution in [0.2, 0.25) is 0 Å². The van der Waals surface area contributed by atoms with E-state index in [1.807, 2.05) is 53.2 Å². The number of amides is 1. The number of hydrogen-bond donors (Lipinski definition) is 1. The summed E-state index contributed by atoms with van der Waals surface area (Å²) in [6, 6.07) is 12.1. The Kier molecular flexibility index (Phi) is 3.89. The van der Waals surface area contributed by atoms with E-state index in [0.717, 1.165) is 32.6 Å². The predicted octanol–water partition coefficient (Wildman–Crippen LogP) is 5.09. The number of nitrogens with zero attached hydrogens (tertiary/aromatic N) is 2. The van der Waals surface area contributed by atoms with Crippen LogP contribution >= 0.6 is 11.3 Å². The van der Waals surface area contributed by atoms with E-state index in [0.29, 0.717) is 12.4 Å². The van der Waals surface area contributed by atoms with E-state index in [1.165, 1.54) is 0 Å². The number of carbonyl (C=O) groups is 1. The van der Waals surface area contributed by atoms with Crippen LogP contribution in [0.1, 0.15) is 12.5 Å². The summed E-state index contributed by atoms with van der Waals surface area (Å²) in [5.74, 6) is 0.621. The highest BCUT2D eigenvalue weighted by Crippen LogP contribution is 2.34. The molecule has 5 nitrogen and oxygen atoms in total. The molecule has 1 aromatic carbocycles. The summed E-state index contributed by atoms with van der Waals surface area (Å²) >= 11 is 1.67. The number of pyridine rings is 1. The topological polar surface area (TPSA) is 55.6 Å². The van der Waals surface area contributed by atoms with Gasteiger partial charge in [0.25, 0.3) is 0 Å². The van der Waals surface area contributed by atoms with Gasteiger partial charge in [0.15, 0.2) is 0 Å². The Morgan fingerprint density at radius 2 is 2.12 bits per heavy atom. The minimum atomic E-state index is -0.482. The molecular weight excluding hydrogens is 334 g/mol. The lowest BCUT2D eigenvalue weighted by atomic mass is 10.1. The summed E-state index contributed by atoms with van der Waals surface area (Å²) in [7, 11) is 0. The van der Waals surface area contributed by atoms with Gasteiger partial charge in [-0.05, 0) is 36.9 Å². The highest BCUT2D eigenvalue weighted by Gasteiger charge is 2.19. The van der Waals surface area contributed by atoms with Gasteiger partial charge in [0.05, 0.1) is 6.61 Å². The fourth-order valence-electron chi connectivity index (χ4n) is 2.95. The number of nitrogens with one attached hydrogen (secondary N) is 1. The molecule has 25 heavy (non-hydrogen) atoms. The van der Waals surface area contributed by atoms with Gasteiger partial charge in [-0.2, -0.15) is 0 Å². The average molecular weight is 351 g/mol. The third-order valence-electron chi connectivity index (χ3n) is 4.12. The van der Waals surface area contributed by atoms with Crippen molar-refractivity contribution in [3.63, 3.8) is 0 Å². The number of imidazole rings is 1. The highest BCUT2D eigenvalue weighted by molar-refractivity contribution is 7.17. The Bertz CT molecular complexity index is 1080. The molecule has 3 aromatic heterocycles. The molecule has 3 heterocycles. The maximum atomic E-state index is 12.1. The number of hydrogen-bond acceptors (Lipinski definition) is 4. The van der Waals surface area contributed by atoms with Crippen LogP contribution in [0.4, 0.5) is 10.6 Å². The van der Waals surface area contributed by atoms with Crippen molar-refractivity contribution in [3.05, 3.63) is 53.5 Å². The lowest BCUT2D eigenvalue weighted by Crippen LogP contribution is -2.15. The molecular formula is C19H17N3O2S. The van der Waals surface area contributed by atoms with Crippen LogP contribution in [0.3, 0.4) is 0 Å². The lowest BCUT2D eigenvalue weighted by Gasteiger charge is -2.09. The van der Waals surface area contributed by atoms with Crippen molar-refractivity contribution >= 4 is 39.0 Å². The van der Waals surface area contributed by atoms with Crippen LogP contribution in [0.5, 0.6) is 0 Å². The molecule has 0 bridgehead atoms. The summed E-state index contributed by atoms with van der Waals surface area (Å²) in [5, 5.41) is 5.98. The van der Waals surface area contributed by atoms with Gasteiger partial charge in [-0.15, -0.1) is 11.3 Å². The van der Waals surface area contributed by atoms with Gasteiger partial charge in [0.1, 0.15) is 17.2 Å². The Balaban J connectivity index is 1.99. The Morgan fingerprint density at radius 1 is 1.28 bits per heavy atom. The monoisotopic (exact) mass is 351 g/mol. The van der Waals surface area contributed by atoms with Crippen molar-refractivity contribution in [2.45, 2.75) is 13.8 Å². The first kappa shape index (κ1) is 15.7. The van der Waals surface area contributed by atoms with Crippen LogP contribution in [-0.4, -0.2) is 22.1 Å². The molecule has 0 aliphatic rings. The molecule has 0 unspecified atom stereocenters. The molecule has 0 atom stereocenters. The van der Waals surface area contributed by atoms with Crippen LogP contribution in [0, 0.1) is 6.92 Å². The molecule has 0 fully saturated rings. The lowest BCUT2D eigenvalue weighted by molar-refractivity contribution is 0.168. The first-order valence-corrected chi connectivity index (χ1v) is 8.95. The SMILES string of the molecule is CCOC(=O)Nc1c(-c2ccccc2C)nc2c3ccsc3ccn12. The molecule has 4 aromatic rings. The largest absolute Gasteiger partial charge is 0.450 e. The average Bonchev–Trinajstić information content (AvgIpc) is 3.20. The van der Waals surface area contributed by atoms with E-state index < -0.39 is 6.09 Å². The molecule has 0 aliphatic heterocycles. The second kappa shape index (κ2) is 6.22. The number of aromatic nitrogens is 2. The van der Waals surface area contributed by atoms with Crippen LogP contribution in [0.25, 0.3) is 27.0 Å². The molecule has 0 aliphatic carbocycles. The summed E-state index contributed by atoms with van der Waals surface area (Å²) < 4.78 is 8.14. The second-order valence-electron chi connectivity index (χ2n) is 5.68. The highest BCUT2D eigenvalue weighted by atomic mass is 32.1. The molecule has 1 N–H and O–H groups in total. The van der Waals surface area contributed by atoms with Gasteiger partial charge in [0.2, 0.25) is 0 Å². The van der Waals surface area contributed by atoms with Crippen molar-refractivity contribution in [3.8, 4) is 11.3 Å². The van der Waals surface area contributed by atoms with Crippen molar-refractivity contribution in [1.29, 1.82) is 0 Å². The minimum Gasteiger partial charge on any atom is -0.450 e. The van der Waals surface area contributed by atoms with E-state index in [2.05, 4.69) is 11.4 Å². The molecule has 1 amide bonds. The first-order valence-electron chi connectivity index (χ1n) is 8.07. The van der Waals surface area contributed by atoms with Crippen LogP contribution in [-0.2, 0) is 4.74 Å². The normalized spacial score (nSPS) is 11.1. The Labute approximate surface area is 148 Å². The van der Waals surface area contributed by atoms with E-state index in [4.69, 9.17) is 9.72 Å². The van der Waals surface area contributed by atoms with Crippen molar-refractivity contribution in [2.75, 3.05) is 11.9 Å². The molecule has 4 rings (SSSR count). The number of ether oxygens (including phenoxy) is 1. The third kappa shape index (κ3) is 2.64. The zero-order valence-electron chi connectivity index (χ0n) is 13.9. The molecule has 0 radical (unpaired) electrons. The smallest absolute Gasteiger partial charge is 0.412 e. The molecule has 0 saturated heterocycles. The van der Waals surface area contributed by atoms with Crippen LogP contribution < -0.4 is 5.32 Å². The second-order valence-corrected chi connectivity index (χ2v) is 6.62. The number of aryl methyl sites for hydroxylation is 1. The zero-order chi connectivity index (χ0) is 17.4. The maximum absolute atomic E-state index is 12.1. The van der Waals surface area contributed by atoms with E-state index in [1.54, 1.807) is 18.3 Å². The van der Waals surface area contributed by atoms with Gasteiger partial charge in [-0.1, -0.05) is 24.3 Å². The van der Waals surface area contributed by atoms with Gasteiger partial charge >= 0.3 is 6.09 Å². The van der Waals surface area contributed by atoms with Crippen molar-refractivity contribution in [2.24, 2.45) is 0 Å². The summed E-state index contributed by atoms with van der Waals surface area (Å²) in [6.45, 7) is 4.13. The van der Waals surface area contributed by atoms with Crippen LogP contribution in [0.15, 0.2) is 48.0 Å². The third-order valence-corrected chi connectivity index (χ3v) is 5.00. The maximum Gasteiger partial charge on any atom is 0.412 e. The van der Waals surface area contributed by atoms with E-state index >= 15 is 0 Å². The zero-order valence-corrected chi connectivity index (χ0v) is 14.8. The van der Waals surface area contributed by atoms with E-state index in [9.17, 15) is 4.79 Å². The Hall–Kier alpha value is -2.86. The molecule has 0 saturated carbocycles. The molecule has 0 spiro atoms. The van der Waals surface area contributed by atoms with Gasteiger partial charge in [-0.25, -0.2) is 9.78 Å². The fraction of sp³-hybridized carbons (Fsp3) is 0.158. The number of benzene rings is 1. The Morgan fingerprint density at radius 3 is 2.92 bits per heavy atom. The number of carbonyl (C=O) groups excluding carboxylic acids is 1. The summed E-state index contributed by atoms with van der Waals surface area (Å²) in [6.07, 6.45) is 1.45. The number of anilines is 1. The predicted molar refractivity (Wildman–Crippen MR) is 101 cm³/mol. The molecule has 6 heteroatoms. The summed E-state index contributed by atoms with van der Waals surface area (Å²) in [5.41, 5.74) is 3.65. The van der Waals surface area contributed by atoms with E-state index in [-0.39, 0.29) is 0 Å². The van der Waals surface area contributed by atoms with Gasteiger partial charge < -0.3 is 4.74 Å². The van der Waals surface area contributed by atoms with Crippen molar-refractivity contribution < 1.29 is 9.53 Å². The van der Waals surface area contributed by atoms with Crippen molar-refractivity contribution in [1.82, 2.24) is 9.38 Å². The first-order chi connectivity index (χ1) is 12.2. The fourth-order valence-corrected chi connectivity index (χ4v) is 3.73. The minimum absolute atomic E-state index is 0.317. The van der Waals surface area contributed by atoms with Gasteiger partial charge in [-0.3, -0.25) is 9.72 Å². The summed E-state index contributed by atoms with van der Waals surface area (Å²) in [4.78, 5) is 16.9. The number of fused-ring (bicyclic) bond motifs is 3. The number of rotatable bonds is 3. The van der Waals surface area contributed by atoms with Gasteiger partial charge in [0, 0.05) is 21.8 Å².